The fourth-order valence-electron chi connectivity index (χ4n) is 2.84. The van der Waals surface area contributed by atoms with Gasteiger partial charge in [0, 0.05) is 11.3 Å². The lowest BCUT2D eigenvalue weighted by Gasteiger charge is -2.16. The monoisotopic (exact) mass is 327 g/mol. The van der Waals surface area contributed by atoms with Gasteiger partial charge in [-0.25, -0.2) is 0 Å². The van der Waals surface area contributed by atoms with Crippen LogP contribution in [0.15, 0.2) is 42.5 Å². The van der Waals surface area contributed by atoms with Crippen molar-refractivity contribution in [2.24, 2.45) is 0 Å². The van der Waals surface area contributed by atoms with Crippen LogP contribution in [0.5, 0.6) is 17.2 Å². The molecule has 1 fully saturated rings. The van der Waals surface area contributed by atoms with Crippen LogP contribution < -0.4 is 14.8 Å². The van der Waals surface area contributed by atoms with Crippen LogP contribution in [0, 0.1) is 0 Å². The third kappa shape index (κ3) is 3.79. The normalized spacial score (nSPS) is 14.4. The number of aromatic hydroxyl groups is 1. The Bertz CT molecular complexity index is 706. The molecule has 0 spiro atoms. The molecule has 126 valence electrons. The number of nitrogens with one attached hydrogen (secondary N) is 1. The van der Waals surface area contributed by atoms with Crippen molar-refractivity contribution in [1.29, 1.82) is 0 Å². The summed E-state index contributed by atoms with van der Waals surface area (Å²) in [6.07, 6.45) is 4.74. The van der Waals surface area contributed by atoms with Crippen molar-refractivity contribution in [3.05, 3.63) is 48.0 Å². The van der Waals surface area contributed by atoms with Gasteiger partial charge in [0.05, 0.1) is 13.2 Å². The maximum atomic E-state index is 12.4. The number of rotatable bonds is 5. The van der Waals surface area contributed by atoms with Gasteiger partial charge >= 0.3 is 0 Å². The standard InChI is InChI=1S/C19H21NO4/c1-23-18-12-13(6-11-17(18)24-16-4-2-3-5-16)19(22)20-14-7-9-15(21)10-8-14/h6-12,16,21H,2-5H2,1H3,(H,20,22). The molecule has 24 heavy (non-hydrogen) atoms. The minimum absolute atomic E-state index is 0.156. The van der Waals surface area contributed by atoms with Gasteiger partial charge in [0.1, 0.15) is 5.75 Å². The van der Waals surface area contributed by atoms with Gasteiger partial charge in [0.2, 0.25) is 0 Å². The second-order valence-electron chi connectivity index (χ2n) is 5.89. The van der Waals surface area contributed by atoms with Gasteiger partial charge in [-0.3, -0.25) is 4.79 Å². The van der Waals surface area contributed by atoms with Crippen LogP contribution >= 0.6 is 0 Å². The third-order valence-corrected chi connectivity index (χ3v) is 4.15. The Morgan fingerprint density at radius 2 is 1.79 bits per heavy atom. The summed E-state index contributed by atoms with van der Waals surface area (Å²) in [5, 5.41) is 12.1. The summed E-state index contributed by atoms with van der Waals surface area (Å²) in [6, 6.07) is 11.5. The topological polar surface area (TPSA) is 67.8 Å². The Hall–Kier alpha value is -2.69. The molecule has 5 heteroatoms. The molecular formula is C19H21NO4. The summed E-state index contributed by atoms with van der Waals surface area (Å²) in [6.45, 7) is 0. The van der Waals surface area contributed by atoms with Gasteiger partial charge in [0.25, 0.3) is 5.91 Å². The maximum absolute atomic E-state index is 12.4. The van der Waals surface area contributed by atoms with E-state index in [2.05, 4.69) is 5.32 Å². The first-order chi connectivity index (χ1) is 11.7. The van der Waals surface area contributed by atoms with Gasteiger partial charge in [-0.2, -0.15) is 0 Å². The van der Waals surface area contributed by atoms with E-state index in [1.165, 1.54) is 25.0 Å². The van der Waals surface area contributed by atoms with Crippen molar-refractivity contribution in [2.45, 2.75) is 31.8 Å². The minimum atomic E-state index is -0.244. The van der Waals surface area contributed by atoms with Crippen molar-refractivity contribution in [3.63, 3.8) is 0 Å². The molecule has 3 rings (SSSR count). The van der Waals surface area contributed by atoms with Crippen LogP contribution in [0.2, 0.25) is 0 Å². The molecule has 0 aromatic heterocycles. The number of amides is 1. The molecule has 2 aromatic rings. The third-order valence-electron chi connectivity index (χ3n) is 4.15. The molecule has 0 atom stereocenters. The van der Waals surface area contributed by atoms with E-state index in [9.17, 15) is 9.90 Å². The van der Waals surface area contributed by atoms with Crippen LogP contribution in [0.3, 0.4) is 0 Å². The van der Waals surface area contributed by atoms with Gasteiger partial charge in [-0.1, -0.05) is 0 Å². The first-order valence-corrected chi connectivity index (χ1v) is 8.11. The van der Waals surface area contributed by atoms with Gasteiger partial charge in [-0.05, 0) is 68.1 Å². The SMILES string of the molecule is COc1cc(C(=O)Nc2ccc(O)cc2)ccc1OC1CCCC1. The number of carbonyl (C=O) groups is 1. The molecular weight excluding hydrogens is 306 g/mol. The lowest BCUT2D eigenvalue weighted by molar-refractivity contribution is 0.102. The largest absolute Gasteiger partial charge is 0.508 e. The minimum Gasteiger partial charge on any atom is -0.508 e. The quantitative estimate of drug-likeness (QED) is 0.815. The molecule has 2 aromatic carbocycles. The first-order valence-electron chi connectivity index (χ1n) is 8.11. The van der Waals surface area contributed by atoms with Crippen LogP contribution in [0.1, 0.15) is 36.0 Å². The Kier molecular flexibility index (Phi) is 4.89. The molecule has 0 unspecified atom stereocenters. The van der Waals surface area contributed by atoms with Crippen molar-refractivity contribution >= 4 is 11.6 Å². The van der Waals surface area contributed by atoms with E-state index in [1.54, 1.807) is 37.4 Å². The van der Waals surface area contributed by atoms with Crippen LogP contribution in [0.4, 0.5) is 5.69 Å². The maximum Gasteiger partial charge on any atom is 0.255 e. The fourth-order valence-corrected chi connectivity index (χ4v) is 2.84. The zero-order valence-electron chi connectivity index (χ0n) is 13.6. The number of methoxy groups -OCH3 is 1. The highest BCUT2D eigenvalue weighted by atomic mass is 16.5. The zero-order valence-corrected chi connectivity index (χ0v) is 13.6. The van der Waals surface area contributed by atoms with Gasteiger partial charge in [-0.15, -0.1) is 0 Å². The fraction of sp³-hybridized carbons (Fsp3) is 0.316. The van der Waals surface area contributed by atoms with Crippen molar-refractivity contribution < 1.29 is 19.4 Å². The number of phenolic OH excluding ortho intramolecular Hbond substituents is 1. The molecule has 0 radical (unpaired) electrons. The molecule has 0 aliphatic heterocycles. The molecule has 0 saturated heterocycles. The summed E-state index contributed by atoms with van der Waals surface area (Å²) >= 11 is 0. The lowest BCUT2D eigenvalue weighted by Crippen LogP contribution is -2.14. The van der Waals surface area contributed by atoms with E-state index in [-0.39, 0.29) is 17.8 Å². The Balaban J connectivity index is 1.73. The molecule has 1 aliphatic rings. The average Bonchev–Trinajstić information content (AvgIpc) is 3.10. The molecule has 1 saturated carbocycles. The molecule has 1 amide bonds. The molecule has 1 aliphatic carbocycles. The summed E-state index contributed by atoms with van der Waals surface area (Å²) in [4.78, 5) is 12.4. The van der Waals surface area contributed by atoms with E-state index < -0.39 is 0 Å². The summed E-state index contributed by atoms with van der Waals surface area (Å²) in [5.41, 5.74) is 1.10. The van der Waals surface area contributed by atoms with Crippen molar-refractivity contribution in [2.75, 3.05) is 12.4 Å². The Labute approximate surface area is 141 Å². The molecule has 5 nitrogen and oxygen atoms in total. The van der Waals surface area contributed by atoms with E-state index in [0.717, 1.165) is 12.8 Å². The van der Waals surface area contributed by atoms with Crippen molar-refractivity contribution in [3.8, 4) is 17.2 Å². The zero-order chi connectivity index (χ0) is 16.9. The number of hydrogen-bond donors (Lipinski definition) is 2. The van der Waals surface area contributed by atoms with Crippen molar-refractivity contribution in [1.82, 2.24) is 0 Å². The molecule has 0 heterocycles. The van der Waals surface area contributed by atoms with E-state index in [0.29, 0.717) is 22.7 Å². The lowest BCUT2D eigenvalue weighted by atomic mass is 10.1. The number of phenols is 1. The van der Waals surface area contributed by atoms with E-state index in [4.69, 9.17) is 9.47 Å². The van der Waals surface area contributed by atoms with Gasteiger partial charge < -0.3 is 19.9 Å². The molecule has 0 bridgehead atoms. The summed E-state index contributed by atoms with van der Waals surface area (Å²) in [7, 11) is 1.57. The number of anilines is 1. The Morgan fingerprint density at radius 3 is 2.46 bits per heavy atom. The van der Waals surface area contributed by atoms with Crippen LogP contribution in [0.25, 0.3) is 0 Å². The van der Waals surface area contributed by atoms with Crippen LogP contribution in [-0.2, 0) is 0 Å². The second kappa shape index (κ2) is 7.25. The predicted molar refractivity (Wildman–Crippen MR) is 91.9 cm³/mol. The number of ether oxygens (including phenoxy) is 2. The highest BCUT2D eigenvalue weighted by molar-refractivity contribution is 6.04. The van der Waals surface area contributed by atoms with E-state index >= 15 is 0 Å². The Morgan fingerprint density at radius 1 is 1.08 bits per heavy atom. The summed E-state index contributed by atoms with van der Waals surface area (Å²) < 4.78 is 11.4. The van der Waals surface area contributed by atoms with Crippen LogP contribution in [-0.4, -0.2) is 24.2 Å². The smallest absolute Gasteiger partial charge is 0.255 e. The number of benzene rings is 2. The first kappa shape index (κ1) is 16.2. The van der Waals surface area contributed by atoms with Gasteiger partial charge in [0.15, 0.2) is 11.5 Å². The average molecular weight is 327 g/mol. The number of carbonyl (C=O) groups excluding carboxylic acids is 1. The second-order valence-corrected chi connectivity index (χ2v) is 5.89. The highest BCUT2D eigenvalue weighted by Crippen LogP contribution is 2.32. The molecule has 2 N–H and O–H groups in total. The van der Waals surface area contributed by atoms with E-state index in [1.807, 2.05) is 0 Å². The number of hydrogen-bond acceptors (Lipinski definition) is 4. The summed E-state index contributed by atoms with van der Waals surface area (Å²) in [5.74, 6) is 1.14. The predicted octanol–water partition coefficient (Wildman–Crippen LogP) is 3.97. The highest BCUT2D eigenvalue weighted by Gasteiger charge is 2.19.